The smallest absolute Gasteiger partial charge is 0.0925 e. The Morgan fingerprint density at radius 1 is 1.17 bits per heavy atom. The SMILES string of the molecule is C[N+]1(CC2CCCCC2)CCCC1.N#CN=C=[N-]. The lowest BCUT2D eigenvalue weighted by Crippen LogP contribution is -2.44. The summed E-state index contributed by atoms with van der Waals surface area (Å²) in [7, 11) is 2.47. The highest BCUT2D eigenvalue weighted by molar-refractivity contribution is 5.46. The van der Waals surface area contributed by atoms with Crippen LogP contribution in [0.15, 0.2) is 4.99 Å². The lowest BCUT2D eigenvalue weighted by atomic mass is 9.88. The summed E-state index contributed by atoms with van der Waals surface area (Å²) in [5, 5.41) is 14.9. The third-order valence-electron chi connectivity index (χ3n) is 4.17. The first-order valence-corrected chi connectivity index (χ1v) is 7.02. The molecule has 0 atom stereocenters. The van der Waals surface area contributed by atoms with Crippen molar-refractivity contribution in [1.29, 1.82) is 5.26 Å². The molecule has 0 bridgehead atoms. The van der Waals surface area contributed by atoms with Crippen molar-refractivity contribution in [2.24, 2.45) is 10.9 Å². The maximum Gasteiger partial charge on any atom is 0.0925 e. The molecule has 1 saturated carbocycles. The Kier molecular flexibility index (Phi) is 6.64. The van der Waals surface area contributed by atoms with Gasteiger partial charge in [-0.1, -0.05) is 19.3 Å². The van der Waals surface area contributed by atoms with E-state index < -0.39 is 0 Å². The molecule has 0 spiro atoms. The fraction of sp³-hybridized carbons (Fsp3) is 0.857. The number of aliphatic imine (C=N–C) groups is 1. The lowest BCUT2D eigenvalue weighted by molar-refractivity contribution is -0.901. The molecule has 2 rings (SSSR count). The van der Waals surface area contributed by atoms with Gasteiger partial charge in [0, 0.05) is 18.8 Å². The maximum absolute atomic E-state index is 7.43. The van der Waals surface area contributed by atoms with Gasteiger partial charge in [-0.15, -0.1) is 6.01 Å². The Balaban J connectivity index is 0.000000280. The highest BCUT2D eigenvalue weighted by Crippen LogP contribution is 2.28. The fourth-order valence-electron chi connectivity index (χ4n) is 3.30. The zero-order valence-electron chi connectivity index (χ0n) is 11.4. The van der Waals surface area contributed by atoms with Crippen LogP contribution in [0, 0.1) is 17.4 Å². The average molecular weight is 248 g/mol. The summed E-state index contributed by atoms with van der Waals surface area (Å²) in [5.41, 5.74) is 0. The number of hydrogen-bond acceptors (Lipinski definition) is 2. The topological polar surface area (TPSA) is 58.5 Å². The minimum atomic E-state index is 1.07. The third kappa shape index (κ3) is 5.44. The summed E-state index contributed by atoms with van der Waals surface area (Å²) < 4.78 is 1.39. The number of hydrogen-bond donors (Lipinski definition) is 0. The van der Waals surface area contributed by atoms with Crippen LogP contribution in [0.3, 0.4) is 0 Å². The predicted molar refractivity (Wildman–Crippen MR) is 73.0 cm³/mol. The second kappa shape index (κ2) is 8.02. The van der Waals surface area contributed by atoms with Gasteiger partial charge in [0.15, 0.2) is 0 Å². The minimum Gasteiger partial charge on any atom is -0.422 e. The molecule has 1 aliphatic carbocycles. The van der Waals surface area contributed by atoms with Gasteiger partial charge in [-0.25, -0.2) is 0 Å². The molecule has 1 saturated heterocycles. The van der Waals surface area contributed by atoms with Gasteiger partial charge in [0.1, 0.15) is 0 Å². The van der Waals surface area contributed by atoms with Crippen LogP contribution >= 0.6 is 0 Å². The Bertz CT molecular complexity index is 313. The van der Waals surface area contributed by atoms with E-state index in [0.717, 1.165) is 5.92 Å². The van der Waals surface area contributed by atoms with Gasteiger partial charge in [-0.2, -0.15) is 5.26 Å². The van der Waals surface area contributed by atoms with Crippen molar-refractivity contribution in [3.05, 3.63) is 5.41 Å². The highest BCUT2D eigenvalue weighted by Gasteiger charge is 2.30. The predicted octanol–water partition coefficient (Wildman–Crippen LogP) is 3.02. The highest BCUT2D eigenvalue weighted by atomic mass is 15.3. The first-order valence-electron chi connectivity index (χ1n) is 7.02. The molecule has 0 unspecified atom stereocenters. The van der Waals surface area contributed by atoms with Gasteiger partial charge < -0.3 is 14.9 Å². The molecule has 0 aromatic heterocycles. The number of nitriles is 1. The first kappa shape index (κ1) is 14.9. The molecule has 4 heteroatoms. The molecule has 2 fully saturated rings. The van der Waals surface area contributed by atoms with Gasteiger partial charge in [0.25, 0.3) is 0 Å². The summed E-state index contributed by atoms with van der Waals surface area (Å²) in [6, 6.07) is 1.28. The second-order valence-corrected chi connectivity index (χ2v) is 5.77. The molecular weight excluding hydrogens is 224 g/mol. The summed E-state index contributed by atoms with van der Waals surface area (Å²) in [6.45, 7) is 4.40. The van der Waals surface area contributed by atoms with Crippen molar-refractivity contribution in [2.75, 3.05) is 26.7 Å². The summed E-state index contributed by atoms with van der Waals surface area (Å²) >= 11 is 0. The van der Waals surface area contributed by atoms with E-state index in [2.05, 4.69) is 12.0 Å². The van der Waals surface area contributed by atoms with Gasteiger partial charge in [0.2, 0.25) is 0 Å². The zero-order chi connectivity index (χ0) is 13.3. The average Bonchev–Trinajstić information content (AvgIpc) is 2.79. The van der Waals surface area contributed by atoms with E-state index in [4.69, 9.17) is 10.7 Å². The second-order valence-electron chi connectivity index (χ2n) is 5.77. The molecule has 0 N–H and O–H groups in total. The zero-order valence-corrected chi connectivity index (χ0v) is 11.4. The first-order chi connectivity index (χ1) is 8.70. The third-order valence-corrected chi connectivity index (χ3v) is 4.17. The van der Waals surface area contributed by atoms with Crippen molar-refractivity contribution < 1.29 is 4.48 Å². The largest absolute Gasteiger partial charge is 0.422 e. The minimum absolute atomic E-state index is 1.07. The van der Waals surface area contributed by atoms with E-state index in [9.17, 15) is 0 Å². The molecule has 0 radical (unpaired) electrons. The van der Waals surface area contributed by atoms with E-state index in [1.807, 2.05) is 0 Å². The van der Waals surface area contributed by atoms with Crippen LogP contribution in [0.4, 0.5) is 0 Å². The van der Waals surface area contributed by atoms with Crippen molar-refractivity contribution in [1.82, 2.24) is 0 Å². The van der Waals surface area contributed by atoms with Crippen LogP contribution in [0.5, 0.6) is 0 Å². The Morgan fingerprint density at radius 2 is 1.78 bits per heavy atom. The van der Waals surface area contributed by atoms with Gasteiger partial charge in [-0.3, -0.25) is 0 Å². The van der Waals surface area contributed by atoms with Crippen molar-refractivity contribution in [2.45, 2.75) is 44.9 Å². The Hall–Kier alpha value is -1.17. The molecule has 1 aliphatic heterocycles. The van der Waals surface area contributed by atoms with Gasteiger partial charge in [-0.05, 0) is 12.8 Å². The molecule has 18 heavy (non-hydrogen) atoms. The normalized spacial score (nSPS) is 22.2. The molecule has 4 nitrogen and oxygen atoms in total. The van der Waals surface area contributed by atoms with Crippen molar-refractivity contribution >= 4 is 6.01 Å². The molecule has 100 valence electrons. The van der Waals surface area contributed by atoms with Gasteiger partial charge >= 0.3 is 0 Å². The van der Waals surface area contributed by atoms with Crippen molar-refractivity contribution in [3.8, 4) is 6.19 Å². The molecule has 0 amide bonds. The van der Waals surface area contributed by atoms with Crippen molar-refractivity contribution in [3.63, 3.8) is 0 Å². The lowest BCUT2D eigenvalue weighted by Gasteiger charge is -2.34. The van der Waals surface area contributed by atoms with Crippen LogP contribution in [0.1, 0.15) is 44.9 Å². The van der Waals surface area contributed by atoms with Crippen LogP contribution in [-0.4, -0.2) is 37.2 Å². The van der Waals surface area contributed by atoms with Crippen LogP contribution in [0.2, 0.25) is 0 Å². The number of rotatable bonds is 2. The summed E-state index contributed by atoms with van der Waals surface area (Å²) in [4.78, 5) is 2.58. The standard InChI is InChI=1S/C12H24N.C2N3/c1-13(9-5-6-10-13)11-12-7-3-2-4-8-12;3-1-5-2-4/h12H,2-11H2,1H3;/q+1;-1. The monoisotopic (exact) mass is 248 g/mol. The number of nitrogens with zero attached hydrogens (tertiary/aromatic N) is 4. The van der Waals surface area contributed by atoms with E-state index in [1.165, 1.54) is 81.3 Å². The summed E-state index contributed by atoms with van der Waals surface area (Å²) in [6.07, 6.45) is 11.8. The molecule has 2 aliphatic rings. The molecule has 1 heterocycles. The number of quaternary nitrogens is 1. The molecule has 0 aromatic carbocycles. The van der Waals surface area contributed by atoms with Crippen LogP contribution < -0.4 is 0 Å². The van der Waals surface area contributed by atoms with Crippen LogP contribution in [-0.2, 0) is 0 Å². The summed E-state index contributed by atoms with van der Waals surface area (Å²) in [5.74, 6) is 1.07. The van der Waals surface area contributed by atoms with E-state index >= 15 is 0 Å². The quantitative estimate of drug-likeness (QED) is 0.421. The Labute approximate surface area is 110 Å². The molecular formula is C14H24N4. The fourth-order valence-corrected chi connectivity index (χ4v) is 3.30. The molecule has 0 aromatic rings. The van der Waals surface area contributed by atoms with Gasteiger partial charge in [0.05, 0.1) is 32.9 Å². The van der Waals surface area contributed by atoms with E-state index in [1.54, 1.807) is 0 Å². The van der Waals surface area contributed by atoms with E-state index in [-0.39, 0.29) is 0 Å². The maximum atomic E-state index is 7.43. The van der Waals surface area contributed by atoms with E-state index in [0.29, 0.717) is 0 Å². The Morgan fingerprint density at radius 3 is 2.22 bits per heavy atom. The number of likely N-dealkylation sites (tertiary alicyclic amines) is 1. The van der Waals surface area contributed by atoms with Crippen LogP contribution in [0.25, 0.3) is 5.41 Å².